The molecule has 23 heavy (non-hydrogen) atoms. The highest BCUT2D eigenvalue weighted by Crippen LogP contribution is 2.50. The lowest BCUT2D eigenvalue weighted by molar-refractivity contribution is -0.123. The molecule has 4 rings (SSSR count). The van der Waals surface area contributed by atoms with E-state index in [0.29, 0.717) is 12.8 Å². The molecule has 5 nitrogen and oxygen atoms in total. The van der Waals surface area contributed by atoms with E-state index < -0.39 is 38.7 Å². The van der Waals surface area contributed by atoms with Crippen molar-refractivity contribution < 1.29 is 22.0 Å². The van der Waals surface area contributed by atoms with Gasteiger partial charge in [-0.2, -0.15) is 0 Å². The Morgan fingerprint density at radius 2 is 1.91 bits per heavy atom. The van der Waals surface area contributed by atoms with Crippen molar-refractivity contribution in [2.75, 3.05) is 15.4 Å². The van der Waals surface area contributed by atoms with Gasteiger partial charge in [0.25, 0.3) is 5.91 Å². The molecule has 0 bridgehead atoms. The number of carbonyl (C=O) groups is 1. The molecular weight excluding hydrogens is 326 g/mol. The van der Waals surface area contributed by atoms with Gasteiger partial charge < -0.3 is 5.32 Å². The molecule has 1 aliphatic heterocycles. The number of nitrogens with one attached hydrogen (secondary N) is 1. The van der Waals surface area contributed by atoms with Crippen molar-refractivity contribution >= 4 is 27.3 Å². The molecular formula is C15H16F2N2O3S. The van der Waals surface area contributed by atoms with Crippen LogP contribution < -0.4 is 9.62 Å². The van der Waals surface area contributed by atoms with Gasteiger partial charge in [-0.05, 0) is 50.3 Å². The second-order valence-corrected chi connectivity index (χ2v) is 8.49. The zero-order valence-electron chi connectivity index (χ0n) is 12.3. The van der Waals surface area contributed by atoms with Crippen LogP contribution in [0.25, 0.3) is 0 Å². The third-order valence-electron chi connectivity index (χ3n) is 4.93. The Balaban J connectivity index is 1.85. The highest BCUT2D eigenvalue weighted by Gasteiger charge is 2.59. The number of benzene rings is 1. The zero-order chi connectivity index (χ0) is 16.5. The fourth-order valence-corrected chi connectivity index (χ4v) is 5.70. The maximum atomic E-state index is 14.1. The maximum Gasteiger partial charge on any atom is 0.251 e. The third kappa shape index (κ3) is 2.14. The SMILES string of the molecule is O=C1Nc2cc(F)ccc2N(S(=O)(=O)CC2(F)CC2)C12CCC2. The lowest BCUT2D eigenvalue weighted by Gasteiger charge is -2.51. The average Bonchev–Trinajstić information content (AvgIpc) is 3.11. The number of fused-ring (bicyclic) bond motifs is 1. The molecule has 1 spiro atoms. The van der Waals surface area contributed by atoms with Crippen LogP contribution in [0.4, 0.5) is 20.2 Å². The van der Waals surface area contributed by atoms with Gasteiger partial charge in [-0.1, -0.05) is 0 Å². The van der Waals surface area contributed by atoms with E-state index in [-0.39, 0.29) is 24.2 Å². The lowest BCUT2D eigenvalue weighted by Crippen LogP contribution is -2.66. The molecule has 0 aromatic heterocycles. The molecule has 0 radical (unpaired) electrons. The average molecular weight is 342 g/mol. The lowest BCUT2D eigenvalue weighted by atomic mass is 9.74. The van der Waals surface area contributed by atoms with E-state index in [2.05, 4.69) is 5.32 Å². The van der Waals surface area contributed by atoms with Crippen LogP contribution in [0.15, 0.2) is 18.2 Å². The van der Waals surface area contributed by atoms with Gasteiger partial charge in [0.05, 0.1) is 11.4 Å². The van der Waals surface area contributed by atoms with Gasteiger partial charge >= 0.3 is 0 Å². The predicted octanol–water partition coefficient (Wildman–Crippen LogP) is 2.34. The molecule has 2 fully saturated rings. The monoisotopic (exact) mass is 342 g/mol. The Labute approximate surface area is 132 Å². The summed E-state index contributed by atoms with van der Waals surface area (Å²) in [7, 11) is -4.03. The van der Waals surface area contributed by atoms with Crippen LogP contribution in [0.5, 0.6) is 0 Å². The molecule has 1 aromatic rings. The molecule has 8 heteroatoms. The minimum atomic E-state index is -4.03. The number of sulfonamides is 1. The van der Waals surface area contributed by atoms with Crippen molar-refractivity contribution in [1.82, 2.24) is 0 Å². The Bertz CT molecular complexity index is 801. The summed E-state index contributed by atoms with van der Waals surface area (Å²) in [5.41, 5.74) is -2.57. The van der Waals surface area contributed by atoms with Crippen LogP contribution in [0, 0.1) is 5.82 Å². The molecule has 124 valence electrons. The number of alkyl halides is 1. The van der Waals surface area contributed by atoms with Gasteiger partial charge in [0, 0.05) is 0 Å². The fraction of sp³-hybridized carbons (Fsp3) is 0.533. The smallest absolute Gasteiger partial charge is 0.251 e. The molecule has 2 saturated carbocycles. The topological polar surface area (TPSA) is 66.5 Å². The summed E-state index contributed by atoms with van der Waals surface area (Å²) >= 11 is 0. The highest BCUT2D eigenvalue weighted by atomic mass is 32.2. The highest BCUT2D eigenvalue weighted by molar-refractivity contribution is 7.93. The van der Waals surface area contributed by atoms with Crippen LogP contribution in [0.1, 0.15) is 32.1 Å². The van der Waals surface area contributed by atoms with E-state index in [9.17, 15) is 22.0 Å². The van der Waals surface area contributed by atoms with E-state index in [0.717, 1.165) is 22.9 Å². The molecule has 1 aromatic carbocycles. The number of nitrogens with zero attached hydrogens (tertiary/aromatic N) is 1. The first-order chi connectivity index (χ1) is 10.8. The van der Waals surface area contributed by atoms with Gasteiger partial charge in [0.15, 0.2) is 0 Å². The summed E-state index contributed by atoms with van der Waals surface area (Å²) in [4.78, 5) is 12.5. The van der Waals surface area contributed by atoms with E-state index >= 15 is 0 Å². The van der Waals surface area contributed by atoms with Crippen molar-refractivity contribution in [2.45, 2.75) is 43.3 Å². The summed E-state index contributed by atoms with van der Waals surface area (Å²) in [6.07, 6.45) is 1.92. The third-order valence-corrected chi connectivity index (χ3v) is 6.91. The summed E-state index contributed by atoms with van der Waals surface area (Å²) < 4.78 is 54.3. The Hall–Kier alpha value is -1.70. The molecule has 1 amide bonds. The molecule has 0 unspecified atom stereocenters. The Morgan fingerprint density at radius 1 is 1.22 bits per heavy atom. The Kier molecular flexibility index (Phi) is 2.87. The van der Waals surface area contributed by atoms with Crippen LogP contribution in [-0.4, -0.2) is 31.3 Å². The largest absolute Gasteiger partial charge is 0.322 e. The first-order valence-corrected chi connectivity index (χ1v) is 9.20. The van der Waals surface area contributed by atoms with Crippen molar-refractivity contribution in [3.63, 3.8) is 0 Å². The van der Waals surface area contributed by atoms with Gasteiger partial charge in [-0.3, -0.25) is 9.10 Å². The van der Waals surface area contributed by atoms with E-state index in [4.69, 9.17) is 0 Å². The van der Waals surface area contributed by atoms with E-state index in [1.54, 1.807) is 0 Å². The number of amides is 1. The van der Waals surface area contributed by atoms with Gasteiger partial charge in [0.2, 0.25) is 10.0 Å². The van der Waals surface area contributed by atoms with Gasteiger partial charge in [0.1, 0.15) is 22.8 Å². The van der Waals surface area contributed by atoms with Gasteiger partial charge in [-0.25, -0.2) is 17.2 Å². The molecule has 1 N–H and O–H groups in total. The van der Waals surface area contributed by atoms with Crippen molar-refractivity contribution in [3.05, 3.63) is 24.0 Å². The normalized spacial score (nSPS) is 23.9. The summed E-state index contributed by atoms with van der Waals surface area (Å²) in [6.45, 7) is 0. The minimum absolute atomic E-state index is 0.111. The molecule has 0 atom stereocenters. The summed E-state index contributed by atoms with van der Waals surface area (Å²) in [6, 6.07) is 3.57. The van der Waals surface area contributed by atoms with Crippen molar-refractivity contribution in [2.24, 2.45) is 0 Å². The second-order valence-electron chi connectivity index (χ2n) is 6.67. The van der Waals surface area contributed by atoms with Crippen LogP contribution in [-0.2, 0) is 14.8 Å². The van der Waals surface area contributed by atoms with Gasteiger partial charge in [-0.15, -0.1) is 0 Å². The molecule has 1 heterocycles. The minimum Gasteiger partial charge on any atom is -0.322 e. The quantitative estimate of drug-likeness (QED) is 0.917. The number of halogens is 2. The van der Waals surface area contributed by atoms with Crippen molar-refractivity contribution in [3.8, 4) is 0 Å². The molecule has 3 aliphatic rings. The summed E-state index contributed by atoms with van der Waals surface area (Å²) in [5, 5.41) is 2.60. The number of anilines is 2. The maximum absolute atomic E-state index is 14.1. The number of hydrogen-bond acceptors (Lipinski definition) is 3. The van der Waals surface area contributed by atoms with E-state index in [1.165, 1.54) is 6.07 Å². The standard InChI is InChI=1S/C15H16F2N2O3S/c16-10-2-3-12-11(8-10)18-13(20)15(4-1-5-15)19(12)23(21,22)9-14(17)6-7-14/h2-3,8H,1,4-7,9H2,(H,18,20). The number of hydrogen-bond donors (Lipinski definition) is 1. The van der Waals surface area contributed by atoms with Crippen LogP contribution in [0.3, 0.4) is 0 Å². The zero-order valence-corrected chi connectivity index (χ0v) is 13.1. The predicted molar refractivity (Wildman–Crippen MR) is 81.0 cm³/mol. The van der Waals surface area contributed by atoms with E-state index in [1.807, 2.05) is 0 Å². The Morgan fingerprint density at radius 3 is 2.48 bits per heavy atom. The molecule has 0 saturated heterocycles. The second kappa shape index (κ2) is 4.43. The first kappa shape index (κ1) is 14.9. The van der Waals surface area contributed by atoms with Crippen molar-refractivity contribution in [1.29, 1.82) is 0 Å². The van der Waals surface area contributed by atoms with Crippen LogP contribution >= 0.6 is 0 Å². The molecule has 2 aliphatic carbocycles. The summed E-state index contributed by atoms with van der Waals surface area (Å²) in [5.74, 6) is -1.67. The van der Waals surface area contributed by atoms with Crippen LogP contribution in [0.2, 0.25) is 0 Å². The first-order valence-electron chi connectivity index (χ1n) is 7.59. The fourth-order valence-electron chi connectivity index (χ4n) is 3.38. The number of carbonyl (C=O) groups excluding carboxylic acids is 1. The number of rotatable bonds is 3.